The summed E-state index contributed by atoms with van der Waals surface area (Å²) in [5.41, 5.74) is 0. The van der Waals surface area contributed by atoms with E-state index in [-0.39, 0.29) is 0 Å². The van der Waals surface area contributed by atoms with Crippen molar-refractivity contribution in [3.8, 4) is 0 Å². The van der Waals surface area contributed by atoms with Gasteiger partial charge in [0.2, 0.25) is 0 Å². The molecule has 0 bridgehead atoms. The zero-order valence-electron chi connectivity index (χ0n) is 5.08. The van der Waals surface area contributed by atoms with Crippen molar-refractivity contribution in [3.63, 3.8) is 0 Å². The first-order valence-electron chi connectivity index (χ1n) is 2.91. The van der Waals surface area contributed by atoms with Crippen molar-refractivity contribution in [1.29, 1.82) is 0 Å². The zero-order chi connectivity index (χ0) is 5.70. The summed E-state index contributed by atoms with van der Waals surface area (Å²) in [4.78, 5) is 0. The maximum atomic E-state index is 2.47. The predicted octanol–water partition coefficient (Wildman–Crippen LogP) is 3.00. The Hall–Kier alpha value is 0.730. The molecule has 0 amide bonds. The highest BCUT2D eigenvalue weighted by atomic mass is 127. The van der Waals surface area contributed by atoms with Gasteiger partial charge in [-0.15, -0.1) is 0 Å². The zero-order valence-corrected chi connectivity index (χ0v) is 7.23. The Kier molecular flexibility index (Phi) is 5.39. The number of hydrogen-bond acceptors (Lipinski definition) is 0. The molecule has 0 aromatic heterocycles. The molecule has 0 nitrogen and oxygen atoms in total. The van der Waals surface area contributed by atoms with Crippen LogP contribution >= 0.6 is 22.6 Å². The lowest BCUT2D eigenvalue weighted by atomic mass is 10.2. The fourth-order valence-electron chi connectivity index (χ4n) is 0.485. The quantitative estimate of drug-likeness (QED) is 0.498. The van der Waals surface area contributed by atoms with Crippen molar-refractivity contribution in [1.82, 2.24) is 0 Å². The Morgan fingerprint density at radius 3 is 2.29 bits per heavy atom. The van der Waals surface area contributed by atoms with Crippen LogP contribution in [-0.4, -0.2) is 3.92 Å². The van der Waals surface area contributed by atoms with E-state index in [0.29, 0.717) is 0 Å². The summed E-state index contributed by atoms with van der Waals surface area (Å²) < 4.78 is 0.873. The standard InChI is InChI=1S/C6H13I/c1-3-4-5-6(2)7/h6H,3-5H2,1-2H3/t6-/m0/s1. The fraction of sp³-hybridized carbons (Fsp3) is 1.00. The predicted molar refractivity (Wildman–Crippen MR) is 43.0 cm³/mol. The van der Waals surface area contributed by atoms with E-state index in [1.54, 1.807) is 0 Å². The van der Waals surface area contributed by atoms with Crippen LogP contribution in [-0.2, 0) is 0 Å². The van der Waals surface area contributed by atoms with E-state index in [1.165, 1.54) is 19.3 Å². The summed E-state index contributed by atoms with van der Waals surface area (Å²) in [6.45, 7) is 4.50. The second kappa shape index (κ2) is 4.88. The van der Waals surface area contributed by atoms with E-state index in [0.717, 1.165) is 3.92 Å². The lowest BCUT2D eigenvalue weighted by molar-refractivity contribution is 0.726. The Bertz CT molecular complexity index is 33.2. The summed E-state index contributed by atoms with van der Waals surface area (Å²) in [6.07, 6.45) is 4.12. The average Bonchev–Trinajstić information content (AvgIpc) is 1.61. The molecule has 7 heavy (non-hydrogen) atoms. The number of alkyl halides is 1. The number of halogens is 1. The summed E-state index contributed by atoms with van der Waals surface area (Å²) in [5.74, 6) is 0. The second-order valence-corrected chi connectivity index (χ2v) is 4.05. The van der Waals surface area contributed by atoms with Crippen LogP contribution < -0.4 is 0 Å². The second-order valence-electron chi connectivity index (χ2n) is 1.92. The van der Waals surface area contributed by atoms with Crippen molar-refractivity contribution in [3.05, 3.63) is 0 Å². The Balaban J connectivity index is 2.68. The highest BCUT2D eigenvalue weighted by Crippen LogP contribution is 2.07. The van der Waals surface area contributed by atoms with Gasteiger partial charge in [0.25, 0.3) is 0 Å². The van der Waals surface area contributed by atoms with Gasteiger partial charge in [-0.3, -0.25) is 0 Å². The molecular formula is C6H13I. The van der Waals surface area contributed by atoms with Crippen molar-refractivity contribution in [2.75, 3.05) is 0 Å². The summed E-state index contributed by atoms with van der Waals surface area (Å²) in [7, 11) is 0. The third kappa shape index (κ3) is 6.73. The van der Waals surface area contributed by atoms with Gasteiger partial charge in [-0.05, 0) is 6.42 Å². The molecule has 0 radical (unpaired) electrons. The molecule has 0 heterocycles. The van der Waals surface area contributed by atoms with Crippen LogP contribution in [0.5, 0.6) is 0 Å². The van der Waals surface area contributed by atoms with Crippen LogP contribution in [0.15, 0.2) is 0 Å². The van der Waals surface area contributed by atoms with Crippen LogP contribution in [0.2, 0.25) is 0 Å². The third-order valence-corrected chi connectivity index (χ3v) is 1.58. The van der Waals surface area contributed by atoms with Gasteiger partial charge in [0, 0.05) is 3.92 Å². The maximum Gasteiger partial charge on any atom is 0.00813 e. The first-order chi connectivity index (χ1) is 3.27. The minimum Gasteiger partial charge on any atom is -0.0829 e. The van der Waals surface area contributed by atoms with Crippen LogP contribution in [0.25, 0.3) is 0 Å². The summed E-state index contributed by atoms with van der Waals surface area (Å²) >= 11 is 2.47. The van der Waals surface area contributed by atoms with Gasteiger partial charge in [0.05, 0.1) is 0 Å². The molecule has 0 aromatic carbocycles. The van der Waals surface area contributed by atoms with Gasteiger partial charge in [-0.1, -0.05) is 49.3 Å². The number of unbranched alkanes of at least 4 members (excludes halogenated alkanes) is 1. The normalized spacial score (nSPS) is 14.1. The number of hydrogen-bond donors (Lipinski definition) is 0. The molecular weight excluding hydrogens is 199 g/mol. The van der Waals surface area contributed by atoms with Crippen LogP contribution in [0.4, 0.5) is 0 Å². The van der Waals surface area contributed by atoms with E-state index >= 15 is 0 Å². The van der Waals surface area contributed by atoms with Gasteiger partial charge < -0.3 is 0 Å². The minimum absolute atomic E-state index is 0.873. The first kappa shape index (κ1) is 7.73. The number of rotatable bonds is 3. The first-order valence-corrected chi connectivity index (χ1v) is 4.16. The highest BCUT2D eigenvalue weighted by molar-refractivity contribution is 14.1. The van der Waals surface area contributed by atoms with E-state index in [9.17, 15) is 0 Å². The molecule has 0 saturated heterocycles. The Labute approximate surface area is 59.8 Å². The smallest absolute Gasteiger partial charge is 0.00813 e. The van der Waals surface area contributed by atoms with Crippen LogP contribution in [0.3, 0.4) is 0 Å². The van der Waals surface area contributed by atoms with Crippen molar-refractivity contribution in [2.45, 2.75) is 37.0 Å². The lowest BCUT2D eigenvalue weighted by Crippen LogP contribution is -1.86. The maximum absolute atomic E-state index is 2.47. The van der Waals surface area contributed by atoms with E-state index < -0.39 is 0 Å². The molecule has 0 unspecified atom stereocenters. The van der Waals surface area contributed by atoms with Crippen molar-refractivity contribution < 1.29 is 0 Å². The largest absolute Gasteiger partial charge is 0.0829 e. The van der Waals surface area contributed by atoms with E-state index in [1.807, 2.05) is 0 Å². The van der Waals surface area contributed by atoms with Gasteiger partial charge >= 0.3 is 0 Å². The van der Waals surface area contributed by atoms with Crippen LogP contribution in [0, 0.1) is 0 Å². The molecule has 0 saturated carbocycles. The molecule has 0 N–H and O–H groups in total. The monoisotopic (exact) mass is 212 g/mol. The van der Waals surface area contributed by atoms with Gasteiger partial charge in [-0.2, -0.15) is 0 Å². The SMILES string of the molecule is CCCC[C@H](C)I. The third-order valence-electron chi connectivity index (χ3n) is 0.955. The van der Waals surface area contributed by atoms with Gasteiger partial charge in [0.1, 0.15) is 0 Å². The minimum atomic E-state index is 0.873. The fourth-order valence-corrected chi connectivity index (χ4v) is 0.926. The van der Waals surface area contributed by atoms with E-state index in [2.05, 4.69) is 36.4 Å². The summed E-state index contributed by atoms with van der Waals surface area (Å²) in [5, 5.41) is 0. The molecule has 0 aliphatic carbocycles. The van der Waals surface area contributed by atoms with Crippen LogP contribution in [0.1, 0.15) is 33.1 Å². The van der Waals surface area contributed by atoms with Crippen molar-refractivity contribution in [2.24, 2.45) is 0 Å². The Morgan fingerprint density at radius 1 is 1.57 bits per heavy atom. The van der Waals surface area contributed by atoms with Crippen molar-refractivity contribution >= 4 is 22.6 Å². The average molecular weight is 212 g/mol. The van der Waals surface area contributed by atoms with E-state index in [4.69, 9.17) is 0 Å². The van der Waals surface area contributed by atoms with Gasteiger partial charge in [-0.25, -0.2) is 0 Å². The Morgan fingerprint density at radius 2 is 2.14 bits per heavy atom. The molecule has 0 aromatic rings. The highest BCUT2D eigenvalue weighted by Gasteiger charge is 1.90. The lowest BCUT2D eigenvalue weighted by Gasteiger charge is -1.97. The molecule has 0 aliphatic rings. The molecule has 0 rings (SSSR count). The topological polar surface area (TPSA) is 0 Å². The molecule has 0 spiro atoms. The molecule has 0 fully saturated rings. The summed E-state index contributed by atoms with van der Waals surface area (Å²) in [6, 6.07) is 0. The molecule has 0 aliphatic heterocycles. The molecule has 44 valence electrons. The molecule has 1 heteroatoms. The van der Waals surface area contributed by atoms with Gasteiger partial charge in [0.15, 0.2) is 0 Å². The molecule has 1 atom stereocenters.